The van der Waals surface area contributed by atoms with Crippen molar-refractivity contribution in [3.8, 4) is 11.5 Å². The van der Waals surface area contributed by atoms with E-state index in [0.29, 0.717) is 19.7 Å². The van der Waals surface area contributed by atoms with E-state index in [-0.39, 0.29) is 17.8 Å². The third kappa shape index (κ3) is 4.91. The lowest BCUT2D eigenvalue weighted by Crippen LogP contribution is -2.50. The molecule has 2 aliphatic rings. The van der Waals surface area contributed by atoms with Gasteiger partial charge in [-0.05, 0) is 43.3 Å². The highest BCUT2D eigenvalue weighted by atomic mass is 16.6. The Balaban J connectivity index is 1.19. The zero-order valence-corrected chi connectivity index (χ0v) is 17.2. The fourth-order valence-electron chi connectivity index (χ4n) is 3.72. The zero-order valence-electron chi connectivity index (χ0n) is 17.2. The molecule has 0 aliphatic carbocycles. The van der Waals surface area contributed by atoms with E-state index in [9.17, 15) is 9.59 Å². The molecule has 1 saturated heterocycles. The molecule has 2 aliphatic heterocycles. The first kappa shape index (κ1) is 20.2. The Hall–Kier alpha value is -3.06. The SMILES string of the molecule is CC(=O)c1ccc(N2CCN(CC(=O)NC[C@H]3COc4ccccc4O3)CC2)cc1. The number of nitrogens with one attached hydrogen (secondary N) is 1. The van der Waals surface area contributed by atoms with Gasteiger partial charge in [-0.15, -0.1) is 0 Å². The third-order valence-electron chi connectivity index (χ3n) is 5.47. The van der Waals surface area contributed by atoms with E-state index < -0.39 is 0 Å². The Morgan fingerprint density at radius 3 is 2.40 bits per heavy atom. The summed E-state index contributed by atoms with van der Waals surface area (Å²) in [5.41, 5.74) is 1.84. The molecule has 0 saturated carbocycles. The monoisotopic (exact) mass is 409 g/mol. The predicted octanol–water partition coefficient (Wildman–Crippen LogP) is 1.97. The molecule has 0 unspecified atom stereocenters. The maximum Gasteiger partial charge on any atom is 0.234 e. The summed E-state index contributed by atoms with van der Waals surface area (Å²) in [5, 5.41) is 2.96. The molecule has 4 rings (SSSR count). The Bertz CT molecular complexity index is 892. The minimum atomic E-state index is -0.182. The van der Waals surface area contributed by atoms with Crippen LogP contribution in [0.5, 0.6) is 11.5 Å². The second-order valence-electron chi connectivity index (χ2n) is 7.67. The number of benzene rings is 2. The van der Waals surface area contributed by atoms with Crippen LogP contribution in [0, 0.1) is 0 Å². The number of hydrogen-bond donors (Lipinski definition) is 1. The van der Waals surface area contributed by atoms with Crippen molar-refractivity contribution in [2.24, 2.45) is 0 Å². The van der Waals surface area contributed by atoms with Gasteiger partial charge in [0, 0.05) is 37.4 Å². The Morgan fingerprint density at radius 1 is 1.00 bits per heavy atom. The van der Waals surface area contributed by atoms with Crippen molar-refractivity contribution >= 4 is 17.4 Å². The maximum absolute atomic E-state index is 12.4. The molecule has 0 aromatic heterocycles. The lowest BCUT2D eigenvalue weighted by molar-refractivity contribution is -0.122. The minimum absolute atomic E-state index is 0.00304. The predicted molar refractivity (Wildman–Crippen MR) is 114 cm³/mol. The van der Waals surface area contributed by atoms with Crippen molar-refractivity contribution in [1.29, 1.82) is 0 Å². The number of amides is 1. The lowest BCUT2D eigenvalue weighted by Gasteiger charge is -2.35. The second-order valence-corrected chi connectivity index (χ2v) is 7.67. The molecule has 158 valence electrons. The fourth-order valence-corrected chi connectivity index (χ4v) is 3.72. The van der Waals surface area contributed by atoms with Crippen molar-refractivity contribution in [3.63, 3.8) is 0 Å². The third-order valence-corrected chi connectivity index (χ3v) is 5.47. The maximum atomic E-state index is 12.4. The number of carbonyl (C=O) groups excluding carboxylic acids is 2. The zero-order chi connectivity index (χ0) is 20.9. The number of Topliss-reactive ketones (excluding diaryl/α,β-unsaturated/α-hetero) is 1. The summed E-state index contributed by atoms with van der Waals surface area (Å²) < 4.78 is 11.6. The molecule has 7 nitrogen and oxygen atoms in total. The van der Waals surface area contributed by atoms with Gasteiger partial charge in [0.1, 0.15) is 12.7 Å². The van der Waals surface area contributed by atoms with E-state index in [1.54, 1.807) is 6.92 Å². The number of ether oxygens (including phenoxy) is 2. The number of fused-ring (bicyclic) bond motifs is 1. The number of para-hydroxylation sites is 2. The van der Waals surface area contributed by atoms with E-state index in [1.165, 1.54) is 0 Å². The number of carbonyl (C=O) groups is 2. The molecule has 1 N–H and O–H groups in total. The quantitative estimate of drug-likeness (QED) is 0.736. The van der Waals surface area contributed by atoms with Crippen molar-refractivity contribution in [2.45, 2.75) is 13.0 Å². The number of anilines is 1. The van der Waals surface area contributed by atoms with Crippen LogP contribution in [0.15, 0.2) is 48.5 Å². The minimum Gasteiger partial charge on any atom is -0.486 e. The van der Waals surface area contributed by atoms with Crippen LogP contribution in [0.1, 0.15) is 17.3 Å². The number of ketones is 1. The van der Waals surface area contributed by atoms with E-state index >= 15 is 0 Å². The molecule has 7 heteroatoms. The van der Waals surface area contributed by atoms with Gasteiger partial charge in [0.2, 0.25) is 5.91 Å². The molecule has 0 spiro atoms. The summed E-state index contributed by atoms with van der Waals surface area (Å²) in [5.74, 6) is 1.54. The van der Waals surface area contributed by atoms with Crippen LogP contribution in [0.2, 0.25) is 0 Å². The molecule has 1 fully saturated rings. The summed E-state index contributed by atoms with van der Waals surface area (Å²) >= 11 is 0. The van der Waals surface area contributed by atoms with Gasteiger partial charge in [-0.2, -0.15) is 0 Å². The van der Waals surface area contributed by atoms with E-state index in [4.69, 9.17) is 9.47 Å². The standard InChI is InChI=1S/C23H27N3O4/c1-17(27)18-6-8-19(9-7-18)26-12-10-25(11-13-26)15-23(28)24-14-20-16-29-21-4-2-3-5-22(21)30-20/h2-9,20H,10-16H2,1H3,(H,24,28)/t20-/m0/s1. The lowest BCUT2D eigenvalue weighted by atomic mass is 10.1. The Labute approximate surface area is 176 Å². The first-order valence-corrected chi connectivity index (χ1v) is 10.3. The Kier molecular flexibility index (Phi) is 6.18. The van der Waals surface area contributed by atoms with Crippen LogP contribution in [0.4, 0.5) is 5.69 Å². The number of rotatable bonds is 6. The molecule has 0 bridgehead atoms. The average molecular weight is 409 g/mol. The molecule has 1 amide bonds. The van der Waals surface area contributed by atoms with E-state index in [1.807, 2.05) is 48.5 Å². The van der Waals surface area contributed by atoms with Gasteiger partial charge in [-0.3, -0.25) is 14.5 Å². The van der Waals surface area contributed by atoms with Gasteiger partial charge in [0.25, 0.3) is 0 Å². The summed E-state index contributed by atoms with van der Waals surface area (Å²) in [6.07, 6.45) is -0.182. The van der Waals surface area contributed by atoms with Crippen LogP contribution in [0.25, 0.3) is 0 Å². The Morgan fingerprint density at radius 2 is 1.70 bits per heavy atom. The summed E-state index contributed by atoms with van der Waals surface area (Å²) in [6, 6.07) is 15.3. The summed E-state index contributed by atoms with van der Waals surface area (Å²) in [6.45, 7) is 6.14. The van der Waals surface area contributed by atoms with Crippen LogP contribution >= 0.6 is 0 Å². The highest BCUT2D eigenvalue weighted by Gasteiger charge is 2.23. The van der Waals surface area contributed by atoms with Gasteiger partial charge in [0.05, 0.1) is 13.1 Å². The first-order valence-electron chi connectivity index (χ1n) is 10.3. The normalized spacial score (nSPS) is 18.7. The molecular weight excluding hydrogens is 382 g/mol. The van der Waals surface area contributed by atoms with E-state index in [2.05, 4.69) is 15.1 Å². The van der Waals surface area contributed by atoms with Gasteiger partial charge >= 0.3 is 0 Å². The smallest absolute Gasteiger partial charge is 0.234 e. The molecule has 0 radical (unpaired) electrons. The molecule has 2 aromatic rings. The van der Waals surface area contributed by atoms with Crippen molar-refractivity contribution in [2.75, 3.05) is 50.8 Å². The van der Waals surface area contributed by atoms with Crippen LogP contribution < -0.4 is 19.7 Å². The molecule has 2 heterocycles. The fraction of sp³-hybridized carbons (Fsp3) is 0.391. The molecule has 30 heavy (non-hydrogen) atoms. The number of hydrogen-bond acceptors (Lipinski definition) is 6. The molecular formula is C23H27N3O4. The highest BCUT2D eigenvalue weighted by Crippen LogP contribution is 2.30. The van der Waals surface area contributed by atoms with Crippen molar-refractivity contribution in [3.05, 3.63) is 54.1 Å². The highest BCUT2D eigenvalue weighted by molar-refractivity contribution is 5.94. The topological polar surface area (TPSA) is 71.1 Å². The summed E-state index contributed by atoms with van der Waals surface area (Å²) in [4.78, 5) is 28.2. The molecule has 1 atom stereocenters. The number of nitrogens with zero attached hydrogens (tertiary/aromatic N) is 2. The second kappa shape index (κ2) is 9.17. The van der Waals surface area contributed by atoms with Gasteiger partial charge in [-0.1, -0.05) is 12.1 Å². The van der Waals surface area contributed by atoms with Crippen molar-refractivity contribution < 1.29 is 19.1 Å². The van der Waals surface area contributed by atoms with Crippen LogP contribution in [-0.4, -0.2) is 68.6 Å². The van der Waals surface area contributed by atoms with E-state index in [0.717, 1.165) is 48.9 Å². The summed E-state index contributed by atoms with van der Waals surface area (Å²) in [7, 11) is 0. The van der Waals surface area contributed by atoms with Gasteiger partial charge in [-0.25, -0.2) is 0 Å². The van der Waals surface area contributed by atoms with Gasteiger partial charge < -0.3 is 19.7 Å². The van der Waals surface area contributed by atoms with Crippen LogP contribution in [0.3, 0.4) is 0 Å². The van der Waals surface area contributed by atoms with Crippen molar-refractivity contribution in [1.82, 2.24) is 10.2 Å². The van der Waals surface area contributed by atoms with Crippen LogP contribution in [-0.2, 0) is 4.79 Å². The number of piperazine rings is 1. The van der Waals surface area contributed by atoms with Gasteiger partial charge in [0.15, 0.2) is 17.3 Å². The largest absolute Gasteiger partial charge is 0.486 e. The first-order chi connectivity index (χ1) is 14.6. The average Bonchev–Trinajstić information content (AvgIpc) is 2.78. The molecule has 2 aromatic carbocycles.